The van der Waals surface area contributed by atoms with E-state index in [1.165, 1.54) is 0 Å². The molecule has 0 atom stereocenters. The first-order chi connectivity index (χ1) is 8.72. The minimum atomic E-state index is 0.163. The zero-order valence-corrected chi connectivity index (χ0v) is 10.9. The Balaban J connectivity index is 2.49. The highest BCUT2D eigenvalue weighted by atomic mass is 16.5. The maximum absolute atomic E-state index is 5.86. The van der Waals surface area contributed by atoms with E-state index in [1.807, 2.05) is 44.2 Å². The molecule has 2 aromatic rings. The number of hydrogen-bond acceptors (Lipinski definition) is 2. The second-order valence-electron chi connectivity index (χ2n) is 4.52. The van der Waals surface area contributed by atoms with E-state index in [0.29, 0.717) is 6.54 Å². The van der Waals surface area contributed by atoms with Crippen LogP contribution < -0.4 is 10.5 Å². The first-order valence-electron chi connectivity index (χ1n) is 6.26. The summed E-state index contributed by atoms with van der Waals surface area (Å²) in [4.78, 5) is 0. The van der Waals surface area contributed by atoms with Crippen molar-refractivity contribution in [3.63, 3.8) is 0 Å². The maximum Gasteiger partial charge on any atom is 0.127 e. The van der Waals surface area contributed by atoms with Crippen LogP contribution in [0.3, 0.4) is 0 Å². The number of nitrogens with two attached hydrogens (primary N) is 1. The van der Waals surface area contributed by atoms with Crippen LogP contribution in [0.25, 0.3) is 11.1 Å². The molecule has 94 valence electrons. The molecule has 0 aliphatic carbocycles. The molecule has 0 aromatic heterocycles. The molecule has 0 spiro atoms. The van der Waals surface area contributed by atoms with Gasteiger partial charge >= 0.3 is 0 Å². The highest BCUT2D eigenvalue weighted by Crippen LogP contribution is 2.32. The Labute approximate surface area is 108 Å². The molecule has 0 bridgehead atoms. The smallest absolute Gasteiger partial charge is 0.127 e. The third-order valence-corrected chi connectivity index (χ3v) is 2.78. The second kappa shape index (κ2) is 5.69. The summed E-state index contributed by atoms with van der Waals surface area (Å²) in [6.45, 7) is 4.60. The Hall–Kier alpha value is -1.80. The largest absolute Gasteiger partial charge is 0.490 e. The summed E-state index contributed by atoms with van der Waals surface area (Å²) in [6.07, 6.45) is 0.163. The molecule has 0 aliphatic heterocycles. The topological polar surface area (TPSA) is 35.2 Å². The summed E-state index contributed by atoms with van der Waals surface area (Å²) < 4.78 is 5.86. The Bertz CT molecular complexity index is 520. The first-order valence-corrected chi connectivity index (χ1v) is 6.26. The summed E-state index contributed by atoms with van der Waals surface area (Å²) >= 11 is 0. The molecule has 0 saturated heterocycles. The van der Waals surface area contributed by atoms with Crippen molar-refractivity contribution in [2.45, 2.75) is 26.5 Å². The highest BCUT2D eigenvalue weighted by molar-refractivity contribution is 5.73. The van der Waals surface area contributed by atoms with Crippen LogP contribution in [0, 0.1) is 0 Å². The van der Waals surface area contributed by atoms with Gasteiger partial charge in [-0.3, -0.25) is 0 Å². The third-order valence-electron chi connectivity index (χ3n) is 2.78. The molecule has 0 fully saturated rings. The fourth-order valence-corrected chi connectivity index (χ4v) is 2.01. The van der Waals surface area contributed by atoms with Crippen LogP contribution in [0.2, 0.25) is 0 Å². The van der Waals surface area contributed by atoms with E-state index in [9.17, 15) is 0 Å². The molecule has 0 radical (unpaired) electrons. The average Bonchev–Trinajstić information content (AvgIpc) is 2.39. The molecule has 2 aromatic carbocycles. The van der Waals surface area contributed by atoms with Crippen LogP contribution in [-0.2, 0) is 6.54 Å². The van der Waals surface area contributed by atoms with Gasteiger partial charge in [0.1, 0.15) is 5.75 Å². The van der Waals surface area contributed by atoms with Crippen molar-refractivity contribution >= 4 is 0 Å². The molecular formula is C16H19NO. The lowest BCUT2D eigenvalue weighted by atomic mass is 9.99. The van der Waals surface area contributed by atoms with Gasteiger partial charge < -0.3 is 10.5 Å². The van der Waals surface area contributed by atoms with Crippen molar-refractivity contribution in [2.75, 3.05) is 0 Å². The van der Waals surface area contributed by atoms with Crippen LogP contribution in [0.15, 0.2) is 48.5 Å². The summed E-state index contributed by atoms with van der Waals surface area (Å²) in [6, 6.07) is 16.3. The van der Waals surface area contributed by atoms with Crippen molar-refractivity contribution < 1.29 is 4.74 Å². The zero-order valence-electron chi connectivity index (χ0n) is 10.9. The highest BCUT2D eigenvalue weighted by Gasteiger charge is 2.09. The number of hydrogen-bond donors (Lipinski definition) is 1. The van der Waals surface area contributed by atoms with Crippen LogP contribution in [0.5, 0.6) is 5.75 Å². The van der Waals surface area contributed by atoms with Crippen LogP contribution in [-0.4, -0.2) is 6.10 Å². The van der Waals surface area contributed by atoms with E-state index >= 15 is 0 Å². The number of para-hydroxylation sites is 1. The Kier molecular flexibility index (Phi) is 4.00. The third kappa shape index (κ3) is 2.71. The van der Waals surface area contributed by atoms with Crippen LogP contribution in [0.4, 0.5) is 0 Å². The molecule has 2 N–H and O–H groups in total. The van der Waals surface area contributed by atoms with Crippen molar-refractivity contribution in [1.82, 2.24) is 0 Å². The summed E-state index contributed by atoms with van der Waals surface area (Å²) in [5.74, 6) is 0.911. The predicted molar refractivity (Wildman–Crippen MR) is 75.5 cm³/mol. The SMILES string of the molecule is CC(C)Oc1ccccc1-c1ccccc1CN. The molecular weight excluding hydrogens is 222 g/mol. The van der Waals surface area contributed by atoms with Crippen molar-refractivity contribution in [1.29, 1.82) is 0 Å². The molecule has 2 rings (SSSR count). The molecule has 0 aliphatic rings. The van der Waals surface area contributed by atoms with Crippen molar-refractivity contribution in [3.05, 3.63) is 54.1 Å². The van der Waals surface area contributed by atoms with E-state index < -0.39 is 0 Å². The van der Waals surface area contributed by atoms with E-state index in [1.54, 1.807) is 0 Å². The Morgan fingerprint density at radius 3 is 2.22 bits per heavy atom. The molecule has 2 nitrogen and oxygen atoms in total. The van der Waals surface area contributed by atoms with Gasteiger partial charge in [-0.2, -0.15) is 0 Å². The molecule has 18 heavy (non-hydrogen) atoms. The van der Waals surface area contributed by atoms with Gasteiger partial charge in [0.2, 0.25) is 0 Å². The summed E-state index contributed by atoms with van der Waals surface area (Å²) in [7, 11) is 0. The molecule has 0 amide bonds. The van der Waals surface area contributed by atoms with Gasteiger partial charge in [0, 0.05) is 12.1 Å². The lowest BCUT2D eigenvalue weighted by Gasteiger charge is -2.16. The summed E-state index contributed by atoms with van der Waals surface area (Å²) in [5, 5.41) is 0. The zero-order chi connectivity index (χ0) is 13.0. The predicted octanol–water partition coefficient (Wildman–Crippen LogP) is 3.60. The number of ether oxygens (including phenoxy) is 1. The van der Waals surface area contributed by atoms with E-state index in [-0.39, 0.29) is 6.10 Å². The maximum atomic E-state index is 5.86. The fraction of sp³-hybridized carbons (Fsp3) is 0.250. The van der Waals surface area contributed by atoms with Gasteiger partial charge in [0.05, 0.1) is 6.10 Å². The fourth-order valence-electron chi connectivity index (χ4n) is 2.01. The lowest BCUT2D eigenvalue weighted by molar-refractivity contribution is 0.243. The number of rotatable bonds is 4. The molecule has 0 heterocycles. The average molecular weight is 241 g/mol. The van der Waals surface area contributed by atoms with Gasteiger partial charge in [-0.1, -0.05) is 42.5 Å². The monoisotopic (exact) mass is 241 g/mol. The molecule has 0 unspecified atom stereocenters. The van der Waals surface area contributed by atoms with Gasteiger partial charge in [-0.15, -0.1) is 0 Å². The van der Waals surface area contributed by atoms with Gasteiger partial charge in [0.15, 0.2) is 0 Å². The minimum Gasteiger partial charge on any atom is -0.490 e. The summed E-state index contributed by atoms with van der Waals surface area (Å²) in [5.41, 5.74) is 9.19. The van der Waals surface area contributed by atoms with Gasteiger partial charge in [0.25, 0.3) is 0 Å². The van der Waals surface area contributed by atoms with Crippen molar-refractivity contribution in [2.24, 2.45) is 5.73 Å². The quantitative estimate of drug-likeness (QED) is 0.887. The first kappa shape index (κ1) is 12.7. The standard InChI is InChI=1S/C16H19NO/c1-12(2)18-16-10-6-5-9-15(16)14-8-4-3-7-13(14)11-17/h3-10,12H,11,17H2,1-2H3. The Morgan fingerprint density at radius 2 is 1.56 bits per heavy atom. The minimum absolute atomic E-state index is 0.163. The van der Waals surface area contributed by atoms with E-state index in [2.05, 4.69) is 18.2 Å². The van der Waals surface area contributed by atoms with Gasteiger partial charge in [-0.05, 0) is 31.0 Å². The van der Waals surface area contributed by atoms with E-state index in [0.717, 1.165) is 22.4 Å². The van der Waals surface area contributed by atoms with Crippen LogP contribution in [0.1, 0.15) is 19.4 Å². The normalized spacial score (nSPS) is 10.7. The van der Waals surface area contributed by atoms with Crippen molar-refractivity contribution in [3.8, 4) is 16.9 Å². The molecule has 2 heteroatoms. The van der Waals surface area contributed by atoms with Crippen LogP contribution >= 0.6 is 0 Å². The lowest BCUT2D eigenvalue weighted by Crippen LogP contribution is -2.07. The second-order valence-corrected chi connectivity index (χ2v) is 4.52. The van der Waals surface area contributed by atoms with Gasteiger partial charge in [-0.25, -0.2) is 0 Å². The van der Waals surface area contributed by atoms with E-state index in [4.69, 9.17) is 10.5 Å². The molecule has 0 saturated carbocycles. The number of benzene rings is 2. The Morgan fingerprint density at radius 1 is 0.944 bits per heavy atom.